The minimum absolute atomic E-state index is 0.0350. The summed E-state index contributed by atoms with van der Waals surface area (Å²) < 4.78 is 12.0. The van der Waals surface area contributed by atoms with Gasteiger partial charge in [-0.05, 0) is 65.6 Å². The number of para-hydroxylation sites is 1. The van der Waals surface area contributed by atoms with Gasteiger partial charge in [0.05, 0.1) is 5.39 Å². The molecule has 7 heteroatoms. The molecule has 0 saturated heterocycles. The lowest BCUT2D eigenvalue weighted by Gasteiger charge is -2.19. The van der Waals surface area contributed by atoms with Gasteiger partial charge >= 0.3 is 0 Å². The molecule has 6 nitrogen and oxygen atoms in total. The fourth-order valence-electron chi connectivity index (χ4n) is 4.25. The summed E-state index contributed by atoms with van der Waals surface area (Å²) in [6.07, 6.45) is 0. The molecule has 0 bridgehead atoms. The van der Waals surface area contributed by atoms with Gasteiger partial charge in [0.25, 0.3) is 5.91 Å². The maximum atomic E-state index is 13.5. The number of ether oxygens (including phenoxy) is 1. The number of rotatable bonds is 7. The molecule has 40 heavy (non-hydrogen) atoms. The molecule has 0 fully saturated rings. The molecule has 2 N–H and O–H groups in total. The van der Waals surface area contributed by atoms with Crippen molar-refractivity contribution in [2.45, 2.75) is 26.2 Å². The van der Waals surface area contributed by atoms with Crippen LogP contribution in [0.2, 0.25) is 5.02 Å². The van der Waals surface area contributed by atoms with Gasteiger partial charge < -0.3 is 19.8 Å². The molecule has 0 atom stereocenters. The fourth-order valence-corrected chi connectivity index (χ4v) is 4.43. The maximum Gasteiger partial charge on any atom is 0.262 e. The lowest BCUT2D eigenvalue weighted by Crippen LogP contribution is -2.22. The molecule has 0 radical (unpaired) electrons. The SMILES string of the molecule is CC(C)(C)c1ccc(-c2oc3ccc(Cl)cc3c(=O)c2OCC(=O)Nc2ccc(Nc3ccccc3)cc2)cc1. The van der Waals surface area contributed by atoms with Crippen LogP contribution in [0.1, 0.15) is 26.3 Å². The van der Waals surface area contributed by atoms with Crippen LogP contribution in [0.15, 0.2) is 106 Å². The Hall–Kier alpha value is -4.55. The Morgan fingerprint density at radius 1 is 0.850 bits per heavy atom. The zero-order valence-corrected chi connectivity index (χ0v) is 23.2. The first-order valence-corrected chi connectivity index (χ1v) is 13.3. The van der Waals surface area contributed by atoms with Gasteiger partial charge in [0.1, 0.15) is 5.58 Å². The van der Waals surface area contributed by atoms with Crippen LogP contribution in [-0.4, -0.2) is 12.5 Å². The van der Waals surface area contributed by atoms with Gasteiger partial charge in [-0.25, -0.2) is 0 Å². The number of amides is 1. The number of hydrogen-bond donors (Lipinski definition) is 2. The summed E-state index contributed by atoms with van der Waals surface area (Å²) in [4.78, 5) is 26.3. The van der Waals surface area contributed by atoms with Crippen molar-refractivity contribution in [1.29, 1.82) is 0 Å². The minimum Gasteiger partial charge on any atom is -0.476 e. The van der Waals surface area contributed by atoms with Crippen LogP contribution >= 0.6 is 11.6 Å². The summed E-state index contributed by atoms with van der Waals surface area (Å²) in [5.41, 5.74) is 4.20. The Balaban J connectivity index is 1.36. The van der Waals surface area contributed by atoms with Crippen molar-refractivity contribution in [2.75, 3.05) is 17.2 Å². The average molecular weight is 553 g/mol. The van der Waals surface area contributed by atoms with Gasteiger partial charge in [0.15, 0.2) is 12.4 Å². The molecule has 0 aliphatic heterocycles. The van der Waals surface area contributed by atoms with Gasteiger partial charge in [-0.2, -0.15) is 0 Å². The van der Waals surface area contributed by atoms with Crippen LogP contribution in [0.25, 0.3) is 22.3 Å². The second kappa shape index (κ2) is 11.3. The van der Waals surface area contributed by atoms with Crippen LogP contribution in [-0.2, 0) is 10.2 Å². The molecule has 0 spiro atoms. The van der Waals surface area contributed by atoms with Gasteiger partial charge in [-0.3, -0.25) is 9.59 Å². The highest BCUT2D eigenvalue weighted by atomic mass is 35.5. The first-order chi connectivity index (χ1) is 19.2. The standard InChI is InChI=1S/C33H29ClN2O4/c1-33(2,3)22-11-9-21(10-12-22)31-32(30(38)27-19-23(34)13-18-28(27)40-31)39-20-29(37)36-26-16-14-25(15-17-26)35-24-7-5-4-6-8-24/h4-19,35H,20H2,1-3H3,(H,36,37). The summed E-state index contributed by atoms with van der Waals surface area (Å²) in [7, 11) is 0. The van der Waals surface area contributed by atoms with E-state index in [1.165, 1.54) is 6.07 Å². The molecular formula is C33H29ClN2O4. The van der Waals surface area contributed by atoms with E-state index in [0.29, 0.717) is 21.9 Å². The molecule has 1 amide bonds. The Kier molecular flexibility index (Phi) is 7.63. The summed E-state index contributed by atoms with van der Waals surface area (Å²) in [5.74, 6) is -0.205. The van der Waals surface area contributed by atoms with E-state index >= 15 is 0 Å². The first kappa shape index (κ1) is 27.0. The van der Waals surface area contributed by atoms with Crippen LogP contribution < -0.4 is 20.8 Å². The highest BCUT2D eigenvalue weighted by Gasteiger charge is 2.20. The minimum atomic E-state index is -0.414. The van der Waals surface area contributed by atoms with E-state index in [1.54, 1.807) is 24.3 Å². The molecule has 1 aromatic heterocycles. The van der Waals surface area contributed by atoms with E-state index < -0.39 is 11.3 Å². The predicted octanol–water partition coefficient (Wildman–Crippen LogP) is 8.17. The number of carbonyl (C=O) groups excluding carboxylic acids is 1. The largest absolute Gasteiger partial charge is 0.476 e. The van der Waals surface area contributed by atoms with Crippen LogP contribution in [0.4, 0.5) is 17.1 Å². The highest BCUT2D eigenvalue weighted by Crippen LogP contribution is 2.33. The van der Waals surface area contributed by atoms with Gasteiger partial charge in [0, 0.05) is 27.6 Å². The molecule has 0 aliphatic carbocycles. The number of anilines is 3. The van der Waals surface area contributed by atoms with Crippen molar-refractivity contribution >= 4 is 45.5 Å². The normalized spacial score (nSPS) is 11.3. The zero-order chi connectivity index (χ0) is 28.3. The number of halogens is 1. The van der Waals surface area contributed by atoms with Crippen LogP contribution in [0.3, 0.4) is 0 Å². The highest BCUT2D eigenvalue weighted by molar-refractivity contribution is 6.31. The Bertz CT molecular complexity index is 1710. The van der Waals surface area contributed by atoms with E-state index in [0.717, 1.165) is 16.9 Å². The summed E-state index contributed by atoms with van der Waals surface area (Å²) in [6.45, 7) is 6.00. The third-order valence-electron chi connectivity index (χ3n) is 6.40. The molecule has 5 aromatic rings. The van der Waals surface area contributed by atoms with Crippen molar-refractivity contribution in [3.63, 3.8) is 0 Å². The number of hydrogen-bond acceptors (Lipinski definition) is 5. The fraction of sp³-hybridized carbons (Fsp3) is 0.152. The van der Waals surface area contributed by atoms with Gasteiger partial charge in [-0.1, -0.05) is 74.8 Å². The maximum absolute atomic E-state index is 13.5. The number of fused-ring (bicyclic) bond motifs is 1. The summed E-state index contributed by atoms with van der Waals surface area (Å²) >= 11 is 6.14. The van der Waals surface area contributed by atoms with E-state index in [9.17, 15) is 9.59 Å². The molecule has 5 rings (SSSR count). The predicted molar refractivity (Wildman–Crippen MR) is 162 cm³/mol. The number of nitrogens with one attached hydrogen (secondary N) is 2. The Morgan fingerprint density at radius 3 is 2.17 bits per heavy atom. The third kappa shape index (κ3) is 6.19. The van der Waals surface area contributed by atoms with Gasteiger partial charge in [-0.15, -0.1) is 0 Å². The molecule has 0 unspecified atom stereocenters. The van der Waals surface area contributed by atoms with E-state index in [2.05, 4.69) is 31.4 Å². The lowest BCUT2D eigenvalue weighted by molar-refractivity contribution is -0.118. The van der Waals surface area contributed by atoms with Crippen LogP contribution in [0.5, 0.6) is 5.75 Å². The van der Waals surface area contributed by atoms with Crippen molar-refractivity contribution < 1.29 is 13.9 Å². The van der Waals surface area contributed by atoms with Crippen molar-refractivity contribution in [2.24, 2.45) is 0 Å². The van der Waals surface area contributed by atoms with E-state index in [-0.39, 0.29) is 28.9 Å². The first-order valence-electron chi connectivity index (χ1n) is 12.9. The quantitative estimate of drug-likeness (QED) is 0.213. The smallest absolute Gasteiger partial charge is 0.262 e. The average Bonchev–Trinajstić information content (AvgIpc) is 2.94. The van der Waals surface area contributed by atoms with Crippen molar-refractivity contribution in [1.82, 2.24) is 0 Å². The number of benzene rings is 4. The zero-order valence-electron chi connectivity index (χ0n) is 22.5. The van der Waals surface area contributed by atoms with E-state index in [4.69, 9.17) is 20.8 Å². The molecule has 1 heterocycles. The third-order valence-corrected chi connectivity index (χ3v) is 6.64. The second-order valence-electron chi connectivity index (χ2n) is 10.5. The number of carbonyl (C=O) groups is 1. The molecule has 4 aromatic carbocycles. The Morgan fingerprint density at radius 2 is 1.50 bits per heavy atom. The summed E-state index contributed by atoms with van der Waals surface area (Å²) in [5, 5.41) is 6.78. The molecule has 0 saturated carbocycles. The van der Waals surface area contributed by atoms with Crippen molar-refractivity contribution in [3.8, 4) is 17.1 Å². The second-order valence-corrected chi connectivity index (χ2v) is 10.9. The van der Waals surface area contributed by atoms with Crippen molar-refractivity contribution in [3.05, 3.63) is 118 Å². The van der Waals surface area contributed by atoms with Gasteiger partial charge in [0.2, 0.25) is 11.2 Å². The van der Waals surface area contributed by atoms with Crippen LogP contribution in [0, 0.1) is 0 Å². The topological polar surface area (TPSA) is 80.6 Å². The monoisotopic (exact) mass is 552 g/mol. The molecule has 0 aliphatic rings. The molecular weight excluding hydrogens is 524 g/mol. The molecule has 202 valence electrons. The lowest BCUT2D eigenvalue weighted by atomic mass is 9.86. The van der Waals surface area contributed by atoms with E-state index in [1.807, 2.05) is 66.7 Å². The Labute approximate surface area is 237 Å². The summed E-state index contributed by atoms with van der Waals surface area (Å²) in [6, 6.07) is 29.7.